The predicted octanol–water partition coefficient (Wildman–Crippen LogP) is 4.78. The summed E-state index contributed by atoms with van der Waals surface area (Å²) in [5.41, 5.74) is 3.71. The number of nitrogens with zero attached hydrogens (tertiary/aromatic N) is 5. The van der Waals surface area contributed by atoms with Gasteiger partial charge in [-0.1, -0.05) is 17.8 Å². The van der Waals surface area contributed by atoms with Gasteiger partial charge < -0.3 is 0 Å². The first-order valence-corrected chi connectivity index (χ1v) is 11.4. The smallest absolute Gasteiger partial charge is 0.197 e. The summed E-state index contributed by atoms with van der Waals surface area (Å²) in [6.07, 6.45) is 11.1. The van der Waals surface area contributed by atoms with Crippen molar-refractivity contribution >= 4 is 39.0 Å². The van der Waals surface area contributed by atoms with Gasteiger partial charge in [0.05, 0.1) is 5.39 Å². The van der Waals surface area contributed by atoms with Crippen LogP contribution in [0.25, 0.3) is 15.9 Å². The summed E-state index contributed by atoms with van der Waals surface area (Å²) in [4.78, 5) is 12.0. The molecule has 0 aliphatic heterocycles. The van der Waals surface area contributed by atoms with Crippen molar-refractivity contribution in [1.29, 1.82) is 0 Å². The van der Waals surface area contributed by atoms with E-state index in [0.29, 0.717) is 5.92 Å². The van der Waals surface area contributed by atoms with E-state index in [1.54, 1.807) is 11.8 Å². The summed E-state index contributed by atoms with van der Waals surface area (Å²) in [6.45, 7) is 0. The lowest BCUT2D eigenvalue weighted by Gasteiger charge is -2.11. The van der Waals surface area contributed by atoms with Crippen LogP contribution < -0.4 is 0 Å². The van der Waals surface area contributed by atoms with E-state index >= 15 is 0 Å². The van der Waals surface area contributed by atoms with Gasteiger partial charge in [0.1, 0.15) is 10.7 Å². The van der Waals surface area contributed by atoms with Gasteiger partial charge in [0.15, 0.2) is 10.8 Å². The van der Waals surface area contributed by atoms with Gasteiger partial charge in [-0.15, -0.1) is 21.5 Å². The first-order valence-electron chi connectivity index (χ1n) is 9.59. The summed E-state index contributed by atoms with van der Waals surface area (Å²) in [7, 11) is 0. The van der Waals surface area contributed by atoms with E-state index in [1.165, 1.54) is 58.3 Å². The molecule has 2 aliphatic rings. The normalized spacial score (nSPS) is 16.9. The van der Waals surface area contributed by atoms with Gasteiger partial charge in [-0.2, -0.15) is 0 Å². The molecular formula is C20H19N5S2. The van der Waals surface area contributed by atoms with Crippen LogP contribution in [0.15, 0.2) is 29.7 Å². The van der Waals surface area contributed by atoms with E-state index < -0.39 is 0 Å². The summed E-state index contributed by atoms with van der Waals surface area (Å²) in [6, 6.07) is 4.09. The maximum Gasteiger partial charge on any atom is 0.197 e. The molecule has 4 aromatic rings. The van der Waals surface area contributed by atoms with Crippen molar-refractivity contribution < 1.29 is 0 Å². The molecule has 0 amide bonds. The molecule has 6 rings (SSSR count). The predicted molar refractivity (Wildman–Crippen MR) is 109 cm³/mol. The van der Waals surface area contributed by atoms with Crippen molar-refractivity contribution in [2.24, 2.45) is 0 Å². The van der Waals surface area contributed by atoms with Gasteiger partial charge in [-0.05, 0) is 55.7 Å². The molecule has 0 bridgehead atoms. The first-order chi connectivity index (χ1) is 13.4. The van der Waals surface area contributed by atoms with Gasteiger partial charge >= 0.3 is 0 Å². The molecule has 2 aliphatic carbocycles. The van der Waals surface area contributed by atoms with Gasteiger partial charge in [-0.25, -0.2) is 4.98 Å². The van der Waals surface area contributed by atoms with Crippen LogP contribution in [-0.2, 0) is 18.6 Å². The highest BCUT2D eigenvalue weighted by Crippen LogP contribution is 2.44. The molecule has 5 nitrogen and oxygen atoms in total. The number of aromatic nitrogens is 5. The van der Waals surface area contributed by atoms with Crippen molar-refractivity contribution in [3.8, 4) is 0 Å². The Kier molecular flexibility index (Phi) is 3.72. The topological polar surface area (TPSA) is 56.0 Å². The van der Waals surface area contributed by atoms with E-state index in [4.69, 9.17) is 4.98 Å². The molecule has 0 N–H and O–H groups in total. The number of pyridine rings is 1. The lowest BCUT2D eigenvalue weighted by molar-refractivity contribution is 0.700. The van der Waals surface area contributed by atoms with E-state index in [2.05, 4.69) is 25.6 Å². The maximum absolute atomic E-state index is 5.13. The fourth-order valence-electron chi connectivity index (χ4n) is 3.99. The Hall–Kier alpha value is -1.99. The second kappa shape index (κ2) is 6.27. The average Bonchev–Trinajstić information content (AvgIpc) is 3.36. The molecule has 0 saturated heterocycles. The first kappa shape index (κ1) is 16.0. The Morgan fingerprint density at radius 1 is 1.19 bits per heavy atom. The molecule has 4 heterocycles. The van der Waals surface area contributed by atoms with Crippen LogP contribution in [0, 0.1) is 0 Å². The Bertz CT molecular complexity index is 1140. The second-order valence-electron chi connectivity index (χ2n) is 7.43. The number of rotatable bonds is 4. The Morgan fingerprint density at radius 2 is 2.11 bits per heavy atom. The van der Waals surface area contributed by atoms with Crippen LogP contribution in [-0.4, -0.2) is 24.6 Å². The highest BCUT2D eigenvalue weighted by atomic mass is 32.2. The molecule has 1 fully saturated rings. The molecule has 27 heavy (non-hydrogen) atoms. The molecule has 0 aromatic carbocycles. The van der Waals surface area contributed by atoms with Crippen LogP contribution in [0.5, 0.6) is 0 Å². The van der Waals surface area contributed by atoms with Crippen molar-refractivity contribution in [3.63, 3.8) is 0 Å². The summed E-state index contributed by atoms with van der Waals surface area (Å²) in [5.74, 6) is 2.57. The van der Waals surface area contributed by atoms with Crippen LogP contribution >= 0.6 is 23.1 Å². The monoisotopic (exact) mass is 393 g/mol. The SMILES string of the molecule is c1cncc(CSc2nnc3c4c5c(sc4nc(C4CC4)n23)CCCC5)c1. The summed E-state index contributed by atoms with van der Waals surface area (Å²) in [5, 5.41) is 11.5. The van der Waals surface area contributed by atoms with Crippen molar-refractivity contribution in [2.75, 3.05) is 0 Å². The Labute approximate surface area is 165 Å². The Balaban J connectivity index is 1.51. The third-order valence-electron chi connectivity index (χ3n) is 5.49. The minimum absolute atomic E-state index is 0.560. The van der Waals surface area contributed by atoms with Crippen LogP contribution in [0.3, 0.4) is 0 Å². The lowest BCUT2D eigenvalue weighted by Crippen LogP contribution is -2.03. The zero-order valence-electron chi connectivity index (χ0n) is 14.9. The molecule has 0 radical (unpaired) electrons. The number of thioether (sulfide) groups is 1. The average molecular weight is 394 g/mol. The molecule has 0 unspecified atom stereocenters. The van der Waals surface area contributed by atoms with Crippen LogP contribution in [0.2, 0.25) is 0 Å². The molecule has 1 saturated carbocycles. The minimum Gasteiger partial charge on any atom is -0.264 e. The zero-order valence-corrected chi connectivity index (χ0v) is 16.5. The van der Waals surface area contributed by atoms with E-state index in [9.17, 15) is 0 Å². The maximum atomic E-state index is 5.13. The van der Waals surface area contributed by atoms with E-state index in [-0.39, 0.29) is 0 Å². The quantitative estimate of drug-likeness (QED) is 0.467. The lowest BCUT2D eigenvalue weighted by atomic mass is 9.97. The number of aryl methyl sites for hydroxylation is 2. The highest BCUT2D eigenvalue weighted by Gasteiger charge is 2.31. The van der Waals surface area contributed by atoms with E-state index in [1.807, 2.05) is 29.8 Å². The third kappa shape index (κ3) is 2.67. The number of fused-ring (bicyclic) bond motifs is 5. The van der Waals surface area contributed by atoms with Gasteiger partial charge in [0.25, 0.3) is 0 Å². The fourth-order valence-corrected chi connectivity index (χ4v) is 6.13. The van der Waals surface area contributed by atoms with Crippen molar-refractivity contribution in [2.45, 2.75) is 55.4 Å². The molecule has 136 valence electrons. The molecule has 7 heteroatoms. The van der Waals surface area contributed by atoms with Crippen molar-refractivity contribution in [3.05, 3.63) is 46.4 Å². The van der Waals surface area contributed by atoms with Gasteiger partial charge in [0.2, 0.25) is 0 Å². The largest absolute Gasteiger partial charge is 0.264 e. The van der Waals surface area contributed by atoms with Crippen LogP contribution in [0.1, 0.15) is 53.4 Å². The minimum atomic E-state index is 0.560. The van der Waals surface area contributed by atoms with E-state index in [0.717, 1.165) is 28.8 Å². The van der Waals surface area contributed by atoms with Gasteiger partial charge in [-0.3, -0.25) is 9.38 Å². The highest BCUT2D eigenvalue weighted by molar-refractivity contribution is 7.98. The third-order valence-corrected chi connectivity index (χ3v) is 7.67. The van der Waals surface area contributed by atoms with Gasteiger partial charge in [0, 0.05) is 28.9 Å². The van der Waals surface area contributed by atoms with Crippen LogP contribution in [0.4, 0.5) is 0 Å². The second-order valence-corrected chi connectivity index (χ2v) is 9.45. The number of thiophene rings is 1. The summed E-state index contributed by atoms with van der Waals surface area (Å²) < 4.78 is 2.25. The fraction of sp³-hybridized carbons (Fsp3) is 0.400. The number of hydrogen-bond donors (Lipinski definition) is 0. The Morgan fingerprint density at radius 3 is 2.96 bits per heavy atom. The standard InChI is InChI=1S/C20H19N5S2/c1-2-6-15-14(5-1)16-18-23-24-20(26-11-12-4-3-9-21-10-12)25(18)17(13-7-8-13)22-19(16)27-15/h3-4,9-10,13H,1-2,5-8,11H2. The molecule has 4 aromatic heterocycles. The molecule has 0 spiro atoms. The molecule has 0 atom stereocenters. The molecular weight excluding hydrogens is 374 g/mol. The zero-order chi connectivity index (χ0) is 17.8. The van der Waals surface area contributed by atoms with Crippen molar-refractivity contribution in [1.82, 2.24) is 24.6 Å². The number of hydrogen-bond acceptors (Lipinski definition) is 6. The summed E-state index contributed by atoms with van der Waals surface area (Å²) >= 11 is 3.62.